The molecule has 3 heteroatoms. The lowest BCUT2D eigenvalue weighted by molar-refractivity contribution is 1.18. The van der Waals surface area contributed by atoms with Crippen LogP contribution < -0.4 is 0 Å². The standard InChI is InChI=1S/C37H23N3/c1-3-15-26-24(11-1)13-9-21-30(26)39-32-19-7-5-17-28(32)36-34(39)23-35-37(38-36)29-18-6-8-20-33(29)40(35)31-22-10-14-25-12-2-4-16-27(25)31/h1-23H. The highest BCUT2D eigenvalue weighted by molar-refractivity contribution is 6.16. The lowest BCUT2D eigenvalue weighted by atomic mass is 10.1. The molecule has 3 heterocycles. The van der Waals surface area contributed by atoms with Crippen molar-refractivity contribution in [2.75, 3.05) is 0 Å². The van der Waals surface area contributed by atoms with Crippen LogP contribution in [0, 0.1) is 0 Å². The zero-order valence-corrected chi connectivity index (χ0v) is 21.6. The fourth-order valence-electron chi connectivity index (χ4n) is 6.55. The van der Waals surface area contributed by atoms with Crippen LogP contribution in [0.2, 0.25) is 0 Å². The number of pyridine rings is 1. The van der Waals surface area contributed by atoms with Crippen molar-refractivity contribution < 1.29 is 0 Å². The summed E-state index contributed by atoms with van der Waals surface area (Å²) < 4.78 is 4.79. The molecule has 3 aromatic heterocycles. The van der Waals surface area contributed by atoms with Crippen LogP contribution in [-0.4, -0.2) is 14.1 Å². The first kappa shape index (κ1) is 21.5. The van der Waals surface area contributed by atoms with Crippen molar-refractivity contribution in [3.63, 3.8) is 0 Å². The largest absolute Gasteiger partial charge is 0.307 e. The Labute approximate surface area is 230 Å². The molecule has 0 bridgehead atoms. The van der Waals surface area contributed by atoms with Gasteiger partial charge in [-0.2, -0.15) is 0 Å². The number of fused-ring (bicyclic) bond motifs is 8. The Morgan fingerprint density at radius 2 is 0.750 bits per heavy atom. The van der Waals surface area contributed by atoms with E-state index < -0.39 is 0 Å². The van der Waals surface area contributed by atoms with Crippen LogP contribution in [0.25, 0.3) is 76.8 Å². The molecule has 0 atom stereocenters. The Hall–Kier alpha value is -5.41. The molecule has 0 saturated heterocycles. The van der Waals surface area contributed by atoms with Gasteiger partial charge in [0.25, 0.3) is 0 Å². The number of aromatic nitrogens is 3. The van der Waals surface area contributed by atoms with E-state index in [9.17, 15) is 0 Å². The molecule has 0 unspecified atom stereocenters. The summed E-state index contributed by atoms with van der Waals surface area (Å²) in [5.74, 6) is 0. The molecule has 0 radical (unpaired) electrons. The number of hydrogen-bond donors (Lipinski definition) is 0. The minimum absolute atomic E-state index is 1.02. The normalized spacial score (nSPS) is 12.0. The first-order valence-corrected chi connectivity index (χ1v) is 13.7. The monoisotopic (exact) mass is 509 g/mol. The van der Waals surface area contributed by atoms with Crippen molar-refractivity contribution in [3.05, 3.63) is 140 Å². The van der Waals surface area contributed by atoms with Gasteiger partial charge in [-0.05, 0) is 41.1 Å². The maximum atomic E-state index is 5.44. The molecule has 0 N–H and O–H groups in total. The average molecular weight is 510 g/mol. The van der Waals surface area contributed by atoms with Crippen molar-refractivity contribution in [1.29, 1.82) is 0 Å². The van der Waals surface area contributed by atoms with Crippen LogP contribution in [0.3, 0.4) is 0 Å². The second-order valence-electron chi connectivity index (χ2n) is 10.4. The van der Waals surface area contributed by atoms with Crippen molar-refractivity contribution >= 4 is 65.4 Å². The number of benzene rings is 6. The highest BCUT2D eigenvalue weighted by Gasteiger charge is 2.20. The van der Waals surface area contributed by atoms with Crippen molar-refractivity contribution in [3.8, 4) is 11.4 Å². The van der Waals surface area contributed by atoms with Crippen LogP contribution in [0.1, 0.15) is 0 Å². The number of nitrogens with zero attached hydrogens (tertiary/aromatic N) is 3. The van der Waals surface area contributed by atoms with Crippen LogP contribution in [0.15, 0.2) is 140 Å². The van der Waals surface area contributed by atoms with Gasteiger partial charge < -0.3 is 9.13 Å². The number of para-hydroxylation sites is 2. The Kier molecular flexibility index (Phi) is 4.33. The fourth-order valence-corrected chi connectivity index (χ4v) is 6.55. The summed E-state index contributed by atoms with van der Waals surface area (Å²) in [6.45, 7) is 0. The summed E-state index contributed by atoms with van der Waals surface area (Å²) in [7, 11) is 0. The summed E-state index contributed by atoms with van der Waals surface area (Å²) in [5.41, 5.74) is 8.92. The van der Waals surface area contributed by atoms with Gasteiger partial charge in [0, 0.05) is 21.5 Å². The van der Waals surface area contributed by atoms with Crippen molar-refractivity contribution in [2.24, 2.45) is 0 Å². The molecule has 0 aliphatic rings. The smallest absolute Gasteiger partial charge is 0.0972 e. The van der Waals surface area contributed by atoms with Crippen LogP contribution >= 0.6 is 0 Å². The summed E-state index contributed by atoms with van der Waals surface area (Å²) >= 11 is 0. The van der Waals surface area contributed by atoms with Crippen LogP contribution in [-0.2, 0) is 0 Å². The topological polar surface area (TPSA) is 22.8 Å². The SMILES string of the molecule is c1ccc2c(-n3c4ccccc4c4nc5c6ccccc6n(-c6cccc7ccccc67)c5cc43)cccc2c1. The third kappa shape index (κ3) is 2.86. The average Bonchev–Trinajstić information content (AvgIpc) is 3.51. The molecule has 0 spiro atoms. The van der Waals surface area contributed by atoms with E-state index in [1.807, 2.05) is 0 Å². The van der Waals surface area contributed by atoms with Crippen LogP contribution in [0.5, 0.6) is 0 Å². The Morgan fingerprint density at radius 1 is 0.350 bits per heavy atom. The zero-order valence-electron chi connectivity index (χ0n) is 21.6. The highest BCUT2D eigenvalue weighted by atomic mass is 15.0. The third-order valence-corrected chi connectivity index (χ3v) is 8.28. The van der Waals surface area contributed by atoms with E-state index in [2.05, 4.69) is 149 Å². The molecule has 40 heavy (non-hydrogen) atoms. The van der Waals surface area contributed by atoms with Crippen molar-refractivity contribution in [2.45, 2.75) is 0 Å². The summed E-state index contributed by atoms with van der Waals surface area (Å²) in [5, 5.41) is 7.23. The molecule has 0 aliphatic carbocycles. The summed E-state index contributed by atoms with van der Waals surface area (Å²) in [6, 6.07) is 50.0. The molecule has 0 amide bonds. The van der Waals surface area contributed by atoms with E-state index in [1.165, 1.54) is 32.9 Å². The van der Waals surface area contributed by atoms with Gasteiger partial charge in [-0.25, -0.2) is 4.98 Å². The first-order chi connectivity index (χ1) is 19.9. The minimum atomic E-state index is 1.02. The van der Waals surface area contributed by atoms with Crippen molar-refractivity contribution in [1.82, 2.24) is 14.1 Å². The highest BCUT2D eigenvalue weighted by Crippen LogP contribution is 2.39. The maximum Gasteiger partial charge on any atom is 0.0972 e. The van der Waals surface area contributed by atoms with Gasteiger partial charge in [-0.15, -0.1) is 0 Å². The molecule has 0 fully saturated rings. The predicted molar refractivity (Wildman–Crippen MR) is 168 cm³/mol. The van der Waals surface area contributed by atoms with Gasteiger partial charge in [0.05, 0.1) is 44.5 Å². The molecular formula is C37H23N3. The quantitative estimate of drug-likeness (QED) is 0.227. The lowest BCUT2D eigenvalue weighted by Gasteiger charge is -2.13. The molecule has 9 aromatic rings. The molecule has 9 rings (SSSR count). The van der Waals surface area contributed by atoms with Gasteiger partial charge >= 0.3 is 0 Å². The van der Waals surface area contributed by atoms with E-state index in [0.717, 1.165) is 43.9 Å². The fraction of sp³-hybridized carbons (Fsp3) is 0. The zero-order chi connectivity index (χ0) is 26.2. The van der Waals surface area contributed by atoms with Gasteiger partial charge in [-0.1, -0.05) is 109 Å². The third-order valence-electron chi connectivity index (χ3n) is 8.28. The predicted octanol–water partition coefficient (Wildman–Crippen LogP) is 9.58. The van der Waals surface area contributed by atoms with E-state index in [0.29, 0.717) is 0 Å². The van der Waals surface area contributed by atoms with Gasteiger partial charge in [-0.3, -0.25) is 0 Å². The molecule has 6 aromatic carbocycles. The summed E-state index contributed by atoms with van der Waals surface area (Å²) in [6.07, 6.45) is 0. The minimum Gasteiger partial charge on any atom is -0.307 e. The molecule has 186 valence electrons. The van der Waals surface area contributed by atoms with E-state index in [1.54, 1.807) is 0 Å². The number of rotatable bonds is 2. The van der Waals surface area contributed by atoms with Gasteiger partial charge in [0.1, 0.15) is 0 Å². The van der Waals surface area contributed by atoms with E-state index >= 15 is 0 Å². The Bertz CT molecular complexity index is 2260. The van der Waals surface area contributed by atoms with Gasteiger partial charge in [0.15, 0.2) is 0 Å². The summed E-state index contributed by atoms with van der Waals surface area (Å²) in [4.78, 5) is 5.44. The molecule has 3 nitrogen and oxygen atoms in total. The second-order valence-corrected chi connectivity index (χ2v) is 10.4. The number of hydrogen-bond acceptors (Lipinski definition) is 1. The molecule has 0 saturated carbocycles. The van der Waals surface area contributed by atoms with Crippen LogP contribution in [0.4, 0.5) is 0 Å². The van der Waals surface area contributed by atoms with E-state index in [4.69, 9.17) is 4.98 Å². The molecular weight excluding hydrogens is 486 g/mol. The van der Waals surface area contributed by atoms with E-state index in [-0.39, 0.29) is 0 Å². The van der Waals surface area contributed by atoms with Gasteiger partial charge in [0.2, 0.25) is 0 Å². The first-order valence-electron chi connectivity index (χ1n) is 13.7. The lowest BCUT2D eigenvalue weighted by Crippen LogP contribution is -1.97. The maximum absolute atomic E-state index is 5.44. The Morgan fingerprint density at radius 3 is 1.25 bits per heavy atom. The Balaban J connectivity index is 1.49. The second kappa shape index (κ2) is 8.05. The molecule has 0 aliphatic heterocycles.